The van der Waals surface area contributed by atoms with Crippen LogP contribution in [0.3, 0.4) is 0 Å². The van der Waals surface area contributed by atoms with Gasteiger partial charge >= 0.3 is 0 Å². The molecule has 2 atom stereocenters. The number of nitro groups is 1. The Morgan fingerprint density at radius 1 is 1.21 bits per heavy atom. The highest BCUT2D eigenvalue weighted by molar-refractivity contribution is 6.32. The minimum atomic E-state index is -1.90. The van der Waals surface area contributed by atoms with E-state index in [0.717, 1.165) is 6.07 Å². The summed E-state index contributed by atoms with van der Waals surface area (Å²) in [7, 11) is 0. The van der Waals surface area contributed by atoms with Crippen molar-refractivity contribution < 1.29 is 18.8 Å². The Hall–Kier alpha value is -3.70. The van der Waals surface area contributed by atoms with Gasteiger partial charge in [-0.1, -0.05) is 23.7 Å². The fourth-order valence-corrected chi connectivity index (χ4v) is 3.78. The van der Waals surface area contributed by atoms with E-state index in [1.54, 1.807) is 19.2 Å². The number of rotatable bonds is 7. The lowest BCUT2D eigenvalue weighted by molar-refractivity contribution is -0.384. The molecule has 0 spiro atoms. The summed E-state index contributed by atoms with van der Waals surface area (Å²) in [5, 5.41) is 31.1. The van der Waals surface area contributed by atoms with Crippen LogP contribution in [0.15, 0.2) is 61.4 Å². The summed E-state index contributed by atoms with van der Waals surface area (Å²) in [6.07, 6.45) is 5.65. The maximum absolute atomic E-state index is 14.7. The Morgan fingerprint density at radius 3 is 2.67 bits per heavy atom. The van der Waals surface area contributed by atoms with Crippen LogP contribution < -0.4 is 0 Å². The summed E-state index contributed by atoms with van der Waals surface area (Å²) in [6, 6.07) is 6.38. The van der Waals surface area contributed by atoms with Crippen molar-refractivity contribution in [3.63, 3.8) is 0 Å². The average molecular weight is 475 g/mol. The summed E-state index contributed by atoms with van der Waals surface area (Å²) < 4.78 is 31.0. The zero-order valence-electron chi connectivity index (χ0n) is 17.1. The normalized spacial score (nSPS) is 14.1. The molecular weight excluding hydrogens is 458 g/mol. The summed E-state index contributed by atoms with van der Waals surface area (Å²) in [5.41, 5.74) is -1.31. The number of nitro benzene ring substituents is 1. The maximum atomic E-state index is 14.7. The van der Waals surface area contributed by atoms with Gasteiger partial charge in [0.1, 0.15) is 34.9 Å². The standard InChI is InChI=1S/C21H17ClF2N6O3/c1-13(29-9-15(8-26-29)14-2-5-18(22)20(6-14)30(32)33)21(31,10-28-12-25-11-27-28)17-4-3-16(23)7-19(17)24/h2-9,11-13,31H,10H2,1H3/t13-,21-/m1/s1. The zero-order chi connectivity index (χ0) is 23.8. The largest absolute Gasteiger partial charge is 0.381 e. The van der Waals surface area contributed by atoms with Crippen molar-refractivity contribution in [1.29, 1.82) is 0 Å². The fourth-order valence-electron chi connectivity index (χ4n) is 3.59. The molecule has 0 amide bonds. The topological polar surface area (TPSA) is 112 Å². The average Bonchev–Trinajstić information content (AvgIpc) is 3.45. The van der Waals surface area contributed by atoms with Crippen molar-refractivity contribution in [2.24, 2.45) is 0 Å². The first-order valence-electron chi connectivity index (χ1n) is 9.68. The number of halogens is 3. The molecule has 4 aromatic rings. The first kappa shape index (κ1) is 22.5. The summed E-state index contributed by atoms with van der Waals surface area (Å²) in [4.78, 5) is 14.5. The molecule has 2 aromatic heterocycles. The second-order valence-electron chi connectivity index (χ2n) is 7.45. The Bertz CT molecular complexity index is 1310. The third-order valence-corrected chi connectivity index (χ3v) is 5.75. The first-order chi connectivity index (χ1) is 15.7. The molecule has 2 aromatic carbocycles. The second kappa shape index (κ2) is 8.68. The van der Waals surface area contributed by atoms with Crippen LogP contribution in [0.1, 0.15) is 18.5 Å². The van der Waals surface area contributed by atoms with Gasteiger partial charge < -0.3 is 5.11 Å². The van der Waals surface area contributed by atoms with Gasteiger partial charge in [0.25, 0.3) is 5.69 Å². The van der Waals surface area contributed by atoms with Gasteiger partial charge in [-0.2, -0.15) is 10.2 Å². The monoisotopic (exact) mass is 474 g/mol. The van der Waals surface area contributed by atoms with E-state index in [1.165, 1.54) is 46.4 Å². The van der Waals surface area contributed by atoms with Crippen LogP contribution in [0.4, 0.5) is 14.5 Å². The van der Waals surface area contributed by atoms with Gasteiger partial charge in [-0.05, 0) is 24.6 Å². The van der Waals surface area contributed by atoms with Gasteiger partial charge in [0.15, 0.2) is 0 Å². The van der Waals surface area contributed by atoms with Crippen LogP contribution in [-0.2, 0) is 12.1 Å². The molecule has 4 rings (SSSR count). The van der Waals surface area contributed by atoms with E-state index in [-0.39, 0.29) is 22.8 Å². The van der Waals surface area contributed by atoms with Crippen LogP contribution in [-0.4, -0.2) is 34.6 Å². The van der Waals surface area contributed by atoms with Crippen molar-refractivity contribution in [1.82, 2.24) is 24.5 Å². The van der Waals surface area contributed by atoms with Crippen LogP contribution in [0.2, 0.25) is 5.02 Å². The van der Waals surface area contributed by atoms with E-state index in [1.807, 2.05) is 0 Å². The van der Waals surface area contributed by atoms with Gasteiger partial charge in [0, 0.05) is 29.5 Å². The van der Waals surface area contributed by atoms with E-state index >= 15 is 0 Å². The Balaban J connectivity index is 1.75. The molecule has 0 bridgehead atoms. The number of hydrogen-bond acceptors (Lipinski definition) is 6. The van der Waals surface area contributed by atoms with Crippen molar-refractivity contribution >= 4 is 17.3 Å². The smallest absolute Gasteiger partial charge is 0.288 e. The van der Waals surface area contributed by atoms with E-state index in [9.17, 15) is 24.0 Å². The molecule has 0 saturated carbocycles. The van der Waals surface area contributed by atoms with Crippen LogP contribution in [0, 0.1) is 21.7 Å². The predicted octanol–water partition coefficient (Wildman–Crippen LogP) is 4.13. The molecule has 33 heavy (non-hydrogen) atoms. The van der Waals surface area contributed by atoms with E-state index < -0.39 is 28.2 Å². The highest BCUT2D eigenvalue weighted by Gasteiger charge is 2.40. The highest BCUT2D eigenvalue weighted by atomic mass is 35.5. The third-order valence-electron chi connectivity index (χ3n) is 5.43. The Labute approximate surface area is 191 Å². The second-order valence-corrected chi connectivity index (χ2v) is 7.86. The Morgan fingerprint density at radius 2 is 2.00 bits per heavy atom. The number of benzene rings is 2. The van der Waals surface area contributed by atoms with Crippen LogP contribution in [0.5, 0.6) is 0 Å². The third kappa shape index (κ3) is 4.32. The van der Waals surface area contributed by atoms with Crippen molar-refractivity contribution in [3.05, 3.63) is 93.8 Å². The molecule has 170 valence electrons. The zero-order valence-corrected chi connectivity index (χ0v) is 17.9. The van der Waals surface area contributed by atoms with Crippen molar-refractivity contribution in [2.45, 2.75) is 25.1 Å². The molecule has 0 unspecified atom stereocenters. The number of hydrogen-bond donors (Lipinski definition) is 1. The van der Waals surface area contributed by atoms with Gasteiger partial charge in [-0.15, -0.1) is 0 Å². The molecule has 12 heteroatoms. The minimum Gasteiger partial charge on any atom is -0.381 e. The van der Waals surface area contributed by atoms with Crippen LogP contribution in [0.25, 0.3) is 11.1 Å². The molecule has 0 aliphatic rings. The SMILES string of the molecule is C[C@@H](n1cc(-c2ccc(Cl)c([N+](=O)[O-])c2)cn1)[C@](O)(Cn1cncn1)c1ccc(F)cc1F. The summed E-state index contributed by atoms with van der Waals surface area (Å²) in [6.45, 7) is 1.42. The highest BCUT2D eigenvalue weighted by Crippen LogP contribution is 2.37. The molecule has 9 nitrogen and oxygen atoms in total. The summed E-state index contributed by atoms with van der Waals surface area (Å²) in [5.74, 6) is -1.71. The number of aliphatic hydroxyl groups is 1. The molecule has 0 aliphatic carbocycles. The van der Waals surface area contributed by atoms with E-state index in [2.05, 4.69) is 15.2 Å². The van der Waals surface area contributed by atoms with Crippen molar-refractivity contribution in [3.8, 4) is 11.1 Å². The number of aromatic nitrogens is 5. The van der Waals surface area contributed by atoms with Crippen LogP contribution >= 0.6 is 11.6 Å². The molecule has 0 aliphatic heterocycles. The molecule has 0 fully saturated rings. The molecule has 0 radical (unpaired) electrons. The van der Waals surface area contributed by atoms with Gasteiger partial charge in [0.05, 0.1) is 23.7 Å². The molecule has 0 saturated heterocycles. The molecule has 1 N–H and O–H groups in total. The quantitative estimate of drug-likeness (QED) is 0.318. The summed E-state index contributed by atoms with van der Waals surface area (Å²) >= 11 is 5.88. The lowest BCUT2D eigenvalue weighted by Crippen LogP contribution is -2.40. The molecular formula is C21H17ClF2N6O3. The first-order valence-corrected chi connectivity index (χ1v) is 10.1. The fraction of sp³-hybridized carbons (Fsp3) is 0.190. The van der Waals surface area contributed by atoms with E-state index in [0.29, 0.717) is 17.2 Å². The van der Waals surface area contributed by atoms with E-state index in [4.69, 9.17) is 11.6 Å². The maximum Gasteiger partial charge on any atom is 0.288 e. The van der Waals surface area contributed by atoms with Crippen molar-refractivity contribution in [2.75, 3.05) is 0 Å². The lowest BCUT2D eigenvalue weighted by atomic mass is 9.86. The van der Waals surface area contributed by atoms with Gasteiger partial charge in [0.2, 0.25) is 0 Å². The Kier molecular flexibility index (Phi) is 5.91. The van der Waals surface area contributed by atoms with Gasteiger partial charge in [-0.25, -0.2) is 18.4 Å². The van der Waals surface area contributed by atoms with Gasteiger partial charge in [-0.3, -0.25) is 14.8 Å². The lowest BCUT2D eigenvalue weighted by Gasteiger charge is -2.34. The number of nitrogens with zero attached hydrogens (tertiary/aromatic N) is 6. The predicted molar refractivity (Wildman–Crippen MR) is 114 cm³/mol. The minimum absolute atomic E-state index is 0.00139. The molecule has 2 heterocycles.